The fraction of sp³-hybridized carbons (Fsp3) is 0.385. The van der Waals surface area contributed by atoms with E-state index >= 15 is 0 Å². The maximum atomic E-state index is 8.54. The van der Waals surface area contributed by atoms with Crippen molar-refractivity contribution in [3.05, 3.63) is 36.4 Å². The second-order valence-corrected chi connectivity index (χ2v) is 3.54. The molecule has 3 N–H and O–H groups in total. The molecule has 0 spiro atoms. The maximum absolute atomic E-state index is 8.54. The molecule has 0 fully saturated rings. The lowest BCUT2D eigenvalue weighted by Gasteiger charge is -2.11. The highest BCUT2D eigenvalue weighted by Gasteiger charge is 2.02. The molecule has 0 radical (unpaired) electrons. The largest absolute Gasteiger partial charge is 0.491 e. The van der Waals surface area contributed by atoms with E-state index in [1.165, 1.54) is 0 Å². The summed E-state index contributed by atoms with van der Waals surface area (Å²) >= 11 is 0. The van der Waals surface area contributed by atoms with Crippen LogP contribution in [0.4, 0.5) is 5.69 Å². The number of ether oxygens (including phenoxy) is 2. The van der Waals surface area contributed by atoms with Gasteiger partial charge in [-0.15, -0.1) is 6.58 Å². The van der Waals surface area contributed by atoms with E-state index in [4.69, 9.17) is 20.3 Å². The third-order valence-electron chi connectivity index (χ3n) is 2.17. The topological polar surface area (TPSA) is 64.7 Å². The van der Waals surface area contributed by atoms with E-state index in [9.17, 15) is 0 Å². The molecule has 0 aliphatic rings. The van der Waals surface area contributed by atoms with Crippen LogP contribution >= 0.6 is 0 Å². The first-order valence-electron chi connectivity index (χ1n) is 5.58. The summed E-state index contributed by atoms with van der Waals surface area (Å²) in [6.07, 6.45) is 2.53. The summed E-state index contributed by atoms with van der Waals surface area (Å²) < 4.78 is 10.7. The highest BCUT2D eigenvalue weighted by molar-refractivity contribution is 5.48. The van der Waals surface area contributed by atoms with Crippen LogP contribution in [0.1, 0.15) is 5.56 Å². The molecule has 0 unspecified atom stereocenters. The van der Waals surface area contributed by atoms with Gasteiger partial charge in [-0.3, -0.25) is 0 Å². The average Bonchev–Trinajstić information content (AvgIpc) is 2.32. The number of rotatable bonds is 8. The van der Waals surface area contributed by atoms with Gasteiger partial charge in [-0.05, 0) is 30.2 Å². The van der Waals surface area contributed by atoms with Crippen LogP contribution in [0.2, 0.25) is 0 Å². The molecule has 1 aromatic rings. The summed E-state index contributed by atoms with van der Waals surface area (Å²) in [7, 11) is 0. The van der Waals surface area contributed by atoms with Gasteiger partial charge < -0.3 is 20.3 Å². The van der Waals surface area contributed by atoms with E-state index in [0.29, 0.717) is 25.5 Å². The Labute approximate surface area is 102 Å². The van der Waals surface area contributed by atoms with Crippen LogP contribution in [0, 0.1) is 0 Å². The molecule has 4 heteroatoms. The molecule has 0 saturated heterocycles. The Kier molecular flexibility index (Phi) is 6.14. The molecule has 0 amide bonds. The van der Waals surface area contributed by atoms with Crippen molar-refractivity contribution in [1.82, 2.24) is 0 Å². The number of nitrogen functional groups attached to an aromatic ring is 1. The summed E-state index contributed by atoms with van der Waals surface area (Å²) in [5.74, 6) is 0.798. The fourth-order valence-electron chi connectivity index (χ4n) is 1.43. The number of nitrogens with two attached hydrogens (primary N) is 1. The molecule has 0 aliphatic carbocycles. The molecule has 0 saturated carbocycles. The van der Waals surface area contributed by atoms with Crippen LogP contribution in [-0.4, -0.2) is 31.5 Å². The van der Waals surface area contributed by atoms with E-state index in [-0.39, 0.29) is 6.61 Å². The molecule has 0 atom stereocenters. The van der Waals surface area contributed by atoms with Crippen molar-refractivity contribution in [2.75, 3.05) is 32.2 Å². The monoisotopic (exact) mass is 237 g/mol. The molecule has 0 heterocycles. The zero-order chi connectivity index (χ0) is 12.5. The number of anilines is 1. The summed E-state index contributed by atoms with van der Waals surface area (Å²) in [5, 5.41) is 8.54. The molecule has 17 heavy (non-hydrogen) atoms. The lowest BCUT2D eigenvalue weighted by atomic mass is 10.1. The third kappa shape index (κ3) is 4.89. The van der Waals surface area contributed by atoms with Crippen molar-refractivity contribution >= 4 is 5.69 Å². The number of aliphatic hydroxyl groups excluding tert-OH is 1. The van der Waals surface area contributed by atoms with Gasteiger partial charge in [0.25, 0.3) is 0 Å². The van der Waals surface area contributed by atoms with Crippen LogP contribution in [0.3, 0.4) is 0 Å². The Hall–Kier alpha value is -1.52. The van der Waals surface area contributed by atoms with E-state index in [1.54, 1.807) is 6.07 Å². The van der Waals surface area contributed by atoms with Gasteiger partial charge in [-0.2, -0.15) is 0 Å². The minimum atomic E-state index is 0.0313. The van der Waals surface area contributed by atoms with Gasteiger partial charge in [0.1, 0.15) is 12.4 Å². The molecular weight excluding hydrogens is 218 g/mol. The average molecular weight is 237 g/mol. The van der Waals surface area contributed by atoms with Gasteiger partial charge in [0.15, 0.2) is 0 Å². The Morgan fingerprint density at radius 3 is 2.82 bits per heavy atom. The Bertz CT molecular complexity index is 353. The quantitative estimate of drug-likeness (QED) is 0.407. The Morgan fingerprint density at radius 2 is 2.12 bits per heavy atom. The first-order chi connectivity index (χ1) is 8.27. The number of hydrogen-bond acceptors (Lipinski definition) is 4. The van der Waals surface area contributed by atoms with Crippen molar-refractivity contribution in [3.63, 3.8) is 0 Å². The molecule has 94 valence electrons. The number of aliphatic hydroxyl groups is 1. The van der Waals surface area contributed by atoms with Crippen molar-refractivity contribution in [2.24, 2.45) is 0 Å². The van der Waals surface area contributed by atoms with Gasteiger partial charge in [0.05, 0.1) is 19.8 Å². The van der Waals surface area contributed by atoms with E-state index in [1.807, 2.05) is 18.2 Å². The maximum Gasteiger partial charge on any atom is 0.123 e. The number of allylic oxidation sites excluding steroid dienone is 1. The fourth-order valence-corrected chi connectivity index (χ4v) is 1.43. The molecule has 1 rings (SSSR count). The first kappa shape index (κ1) is 13.5. The van der Waals surface area contributed by atoms with E-state index in [2.05, 4.69) is 6.58 Å². The minimum Gasteiger partial charge on any atom is -0.491 e. The van der Waals surface area contributed by atoms with Crippen LogP contribution in [0.5, 0.6) is 5.75 Å². The second-order valence-electron chi connectivity index (χ2n) is 3.54. The van der Waals surface area contributed by atoms with E-state index < -0.39 is 0 Å². The third-order valence-corrected chi connectivity index (χ3v) is 2.17. The van der Waals surface area contributed by atoms with Crippen molar-refractivity contribution < 1.29 is 14.6 Å². The van der Waals surface area contributed by atoms with Crippen molar-refractivity contribution in [3.8, 4) is 5.75 Å². The van der Waals surface area contributed by atoms with Crippen molar-refractivity contribution in [2.45, 2.75) is 6.42 Å². The predicted molar refractivity (Wildman–Crippen MR) is 68.2 cm³/mol. The summed E-state index contributed by atoms with van der Waals surface area (Å²) in [5.41, 5.74) is 7.44. The van der Waals surface area contributed by atoms with Crippen LogP contribution in [0.25, 0.3) is 0 Å². The minimum absolute atomic E-state index is 0.0313. The smallest absolute Gasteiger partial charge is 0.123 e. The van der Waals surface area contributed by atoms with Crippen LogP contribution < -0.4 is 10.5 Å². The van der Waals surface area contributed by atoms with Crippen molar-refractivity contribution in [1.29, 1.82) is 0 Å². The molecular formula is C13H19NO3. The first-order valence-corrected chi connectivity index (χ1v) is 5.58. The van der Waals surface area contributed by atoms with Gasteiger partial charge in [-0.1, -0.05) is 6.08 Å². The zero-order valence-electron chi connectivity index (χ0n) is 9.89. The van der Waals surface area contributed by atoms with Crippen LogP contribution in [-0.2, 0) is 11.2 Å². The molecule has 0 aromatic heterocycles. The Morgan fingerprint density at radius 1 is 1.29 bits per heavy atom. The summed E-state index contributed by atoms with van der Waals surface area (Å²) in [6, 6.07) is 5.53. The van der Waals surface area contributed by atoms with E-state index in [0.717, 1.165) is 17.7 Å². The standard InChI is InChI=1S/C13H19NO3/c1-2-3-11-10-12(14)4-5-13(11)17-9-8-16-7-6-15/h2,4-5,10,15H,1,3,6-9,14H2. The Balaban J connectivity index is 2.48. The lowest BCUT2D eigenvalue weighted by molar-refractivity contribution is 0.0703. The van der Waals surface area contributed by atoms with Crippen LogP contribution in [0.15, 0.2) is 30.9 Å². The highest BCUT2D eigenvalue weighted by atomic mass is 16.5. The SMILES string of the molecule is C=CCc1cc(N)ccc1OCCOCCO. The second kappa shape index (κ2) is 7.70. The number of benzene rings is 1. The van der Waals surface area contributed by atoms with Gasteiger partial charge >= 0.3 is 0 Å². The summed E-state index contributed by atoms with van der Waals surface area (Å²) in [6.45, 7) is 4.98. The molecule has 4 nitrogen and oxygen atoms in total. The predicted octanol–water partition coefficient (Wildman–Crippen LogP) is 1.39. The van der Waals surface area contributed by atoms with Gasteiger partial charge in [-0.25, -0.2) is 0 Å². The number of hydrogen-bond donors (Lipinski definition) is 2. The zero-order valence-corrected chi connectivity index (χ0v) is 9.89. The highest BCUT2D eigenvalue weighted by Crippen LogP contribution is 2.22. The normalized spacial score (nSPS) is 10.2. The van der Waals surface area contributed by atoms with Gasteiger partial charge in [0, 0.05) is 5.69 Å². The molecule has 0 aliphatic heterocycles. The molecule has 1 aromatic carbocycles. The summed E-state index contributed by atoms with van der Waals surface area (Å²) in [4.78, 5) is 0. The van der Waals surface area contributed by atoms with Gasteiger partial charge in [0.2, 0.25) is 0 Å². The lowest BCUT2D eigenvalue weighted by Crippen LogP contribution is -2.10. The molecule has 0 bridgehead atoms.